The van der Waals surface area contributed by atoms with Crippen molar-refractivity contribution in [2.24, 2.45) is 0 Å². The summed E-state index contributed by atoms with van der Waals surface area (Å²) in [4.78, 5) is -0.874. The molecule has 2 rings (SSSR count). The molecule has 2 aromatic rings. The lowest BCUT2D eigenvalue weighted by Gasteiger charge is -2.14. The molecule has 0 aliphatic rings. The molecular weight excluding hydrogens is 345 g/mol. The summed E-state index contributed by atoms with van der Waals surface area (Å²) in [5.41, 5.74) is -0.744. The number of halogens is 5. The van der Waals surface area contributed by atoms with Gasteiger partial charge < -0.3 is 4.74 Å². The third-order valence-electron chi connectivity index (χ3n) is 2.56. The van der Waals surface area contributed by atoms with Gasteiger partial charge in [0.05, 0.1) is 5.69 Å². The van der Waals surface area contributed by atoms with Gasteiger partial charge in [-0.05, 0) is 24.3 Å². The summed E-state index contributed by atoms with van der Waals surface area (Å²) in [6.07, 6.45) is -5.12. The first-order valence-corrected chi connectivity index (χ1v) is 7.40. The summed E-state index contributed by atoms with van der Waals surface area (Å²) >= 11 is 0. The predicted octanol–water partition coefficient (Wildman–Crippen LogP) is 3.66. The Kier molecular flexibility index (Phi) is 4.46. The predicted molar refractivity (Wildman–Crippen MR) is 70.3 cm³/mol. The highest BCUT2D eigenvalue weighted by Gasteiger charge is 2.34. The number of rotatable bonds is 4. The van der Waals surface area contributed by atoms with Crippen LogP contribution in [0.3, 0.4) is 0 Å². The number of benzene rings is 2. The number of alkyl halides is 3. The minimum absolute atomic E-state index is 0.744. The Hall–Kier alpha value is -2.36. The molecular formula is C13H8F5NO3S. The van der Waals surface area contributed by atoms with E-state index in [1.165, 1.54) is 0 Å². The van der Waals surface area contributed by atoms with Crippen molar-refractivity contribution in [2.45, 2.75) is 11.3 Å². The van der Waals surface area contributed by atoms with Crippen molar-refractivity contribution >= 4 is 15.7 Å². The van der Waals surface area contributed by atoms with Gasteiger partial charge in [0, 0.05) is 0 Å². The van der Waals surface area contributed by atoms with Gasteiger partial charge in [-0.25, -0.2) is 17.2 Å². The summed E-state index contributed by atoms with van der Waals surface area (Å²) in [5, 5.41) is 0. The van der Waals surface area contributed by atoms with Crippen molar-refractivity contribution in [1.82, 2.24) is 0 Å². The van der Waals surface area contributed by atoms with Crippen molar-refractivity contribution < 1.29 is 35.1 Å². The minimum Gasteiger partial charge on any atom is -0.404 e. The molecule has 0 heterocycles. The summed E-state index contributed by atoms with van der Waals surface area (Å²) in [5.74, 6) is -3.79. The molecule has 2 aromatic carbocycles. The molecule has 0 aromatic heterocycles. The first kappa shape index (κ1) is 17.0. The Morgan fingerprint density at radius 3 is 2.26 bits per heavy atom. The first-order valence-electron chi connectivity index (χ1n) is 5.92. The van der Waals surface area contributed by atoms with Crippen LogP contribution >= 0.6 is 0 Å². The third kappa shape index (κ3) is 4.09. The molecule has 124 valence electrons. The molecule has 0 saturated heterocycles. The second-order valence-corrected chi connectivity index (χ2v) is 5.85. The molecule has 1 N–H and O–H groups in total. The smallest absolute Gasteiger partial charge is 0.404 e. The molecule has 0 spiro atoms. The van der Waals surface area contributed by atoms with Crippen molar-refractivity contribution in [3.05, 3.63) is 54.1 Å². The lowest BCUT2D eigenvalue weighted by atomic mass is 10.3. The molecule has 0 aliphatic carbocycles. The molecule has 0 saturated carbocycles. The van der Waals surface area contributed by atoms with Gasteiger partial charge in [-0.2, -0.15) is 0 Å². The summed E-state index contributed by atoms with van der Waals surface area (Å²) in [6.45, 7) is 0. The fourth-order valence-electron chi connectivity index (χ4n) is 1.66. The molecule has 0 unspecified atom stereocenters. The maximum Gasteiger partial charge on any atom is 0.573 e. The van der Waals surface area contributed by atoms with Crippen LogP contribution in [0.1, 0.15) is 0 Å². The van der Waals surface area contributed by atoms with E-state index in [1.54, 1.807) is 4.72 Å². The van der Waals surface area contributed by atoms with Gasteiger partial charge in [0.15, 0.2) is 11.6 Å². The van der Waals surface area contributed by atoms with Crippen LogP contribution in [0.25, 0.3) is 0 Å². The van der Waals surface area contributed by atoms with Gasteiger partial charge in [0.25, 0.3) is 10.0 Å². The van der Waals surface area contributed by atoms with E-state index in [4.69, 9.17) is 0 Å². The molecule has 0 atom stereocenters. The Morgan fingerprint density at radius 1 is 0.957 bits per heavy atom. The Morgan fingerprint density at radius 2 is 1.61 bits per heavy atom. The van der Waals surface area contributed by atoms with Crippen LogP contribution in [0.5, 0.6) is 5.75 Å². The third-order valence-corrected chi connectivity index (χ3v) is 3.97. The Balaban J connectivity index is 2.43. The lowest BCUT2D eigenvalue weighted by Crippen LogP contribution is -2.21. The van der Waals surface area contributed by atoms with Crippen molar-refractivity contribution in [3.8, 4) is 5.75 Å². The van der Waals surface area contributed by atoms with Crippen LogP contribution in [-0.4, -0.2) is 14.8 Å². The molecule has 4 nitrogen and oxygen atoms in total. The number of para-hydroxylation sites is 1. The van der Waals surface area contributed by atoms with Crippen LogP contribution in [-0.2, 0) is 10.0 Å². The van der Waals surface area contributed by atoms with E-state index in [0.717, 1.165) is 42.5 Å². The molecule has 0 bridgehead atoms. The standard InChI is InChI=1S/C13H8F5NO3S/c14-8-4-3-5-9(12(8)15)19-23(20,21)11-7-2-1-6-10(11)22-13(16,17)18/h1-7,19H. The van der Waals surface area contributed by atoms with Crippen molar-refractivity contribution in [1.29, 1.82) is 0 Å². The van der Waals surface area contributed by atoms with Gasteiger partial charge in [0.1, 0.15) is 10.6 Å². The van der Waals surface area contributed by atoms with E-state index in [1.807, 2.05) is 0 Å². The maximum absolute atomic E-state index is 13.5. The zero-order valence-electron chi connectivity index (χ0n) is 11.1. The van der Waals surface area contributed by atoms with E-state index < -0.39 is 44.4 Å². The van der Waals surface area contributed by atoms with Crippen LogP contribution in [0.4, 0.5) is 27.6 Å². The van der Waals surface area contributed by atoms with Gasteiger partial charge in [-0.1, -0.05) is 18.2 Å². The topological polar surface area (TPSA) is 55.4 Å². The van der Waals surface area contributed by atoms with Crippen molar-refractivity contribution in [2.75, 3.05) is 4.72 Å². The first-order chi connectivity index (χ1) is 10.6. The molecule has 10 heteroatoms. The number of ether oxygens (including phenoxy) is 1. The van der Waals surface area contributed by atoms with Crippen LogP contribution in [0.2, 0.25) is 0 Å². The van der Waals surface area contributed by atoms with Crippen LogP contribution in [0.15, 0.2) is 47.4 Å². The SMILES string of the molecule is O=S(=O)(Nc1cccc(F)c1F)c1ccccc1OC(F)(F)F. The van der Waals surface area contributed by atoms with E-state index in [0.29, 0.717) is 0 Å². The van der Waals surface area contributed by atoms with Gasteiger partial charge in [-0.3, -0.25) is 4.72 Å². The average Bonchev–Trinajstić information content (AvgIpc) is 2.42. The Labute approximate surface area is 127 Å². The molecule has 0 radical (unpaired) electrons. The number of hydrogen-bond acceptors (Lipinski definition) is 3. The normalized spacial score (nSPS) is 12.0. The highest BCUT2D eigenvalue weighted by atomic mass is 32.2. The monoisotopic (exact) mass is 353 g/mol. The Bertz CT molecular complexity index is 821. The number of nitrogens with one attached hydrogen (secondary N) is 1. The number of anilines is 1. The second kappa shape index (κ2) is 6.03. The minimum atomic E-state index is -5.12. The fraction of sp³-hybridized carbons (Fsp3) is 0.0769. The number of sulfonamides is 1. The highest BCUT2D eigenvalue weighted by Crippen LogP contribution is 2.31. The van der Waals surface area contributed by atoms with E-state index >= 15 is 0 Å². The zero-order chi connectivity index (χ0) is 17.3. The highest BCUT2D eigenvalue weighted by molar-refractivity contribution is 7.92. The quantitative estimate of drug-likeness (QED) is 0.854. The van der Waals surface area contributed by atoms with Crippen LogP contribution < -0.4 is 9.46 Å². The van der Waals surface area contributed by atoms with Gasteiger partial charge in [-0.15, -0.1) is 13.2 Å². The summed E-state index contributed by atoms with van der Waals surface area (Å²) in [7, 11) is -4.64. The van der Waals surface area contributed by atoms with Crippen molar-refractivity contribution in [3.63, 3.8) is 0 Å². The van der Waals surface area contributed by atoms with Gasteiger partial charge >= 0.3 is 6.36 Å². The fourth-order valence-corrected chi connectivity index (χ4v) is 2.85. The molecule has 0 aliphatic heterocycles. The van der Waals surface area contributed by atoms with E-state index in [2.05, 4.69) is 4.74 Å². The maximum atomic E-state index is 13.5. The number of hydrogen-bond donors (Lipinski definition) is 1. The molecule has 23 heavy (non-hydrogen) atoms. The molecule has 0 fully saturated rings. The summed E-state index contributed by atoms with van der Waals surface area (Å²) < 4.78 is 93.1. The largest absolute Gasteiger partial charge is 0.573 e. The van der Waals surface area contributed by atoms with Crippen LogP contribution in [0, 0.1) is 11.6 Å². The second-order valence-electron chi connectivity index (χ2n) is 4.20. The zero-order valence-corrected chi connectivity index (χ0v) is 11.9. The molecule has 0 amide bonds. The average molecular weight is 353 g/mol. The van der Waals surface area contributed by atoms with E-state index in [9.17, 15) is 30.4 Å². The van der Waals surface area contributed by atoms with Gasteiger partial charge in [0.2, 0.25) is 0 Å². The summed E-state index contributed by atoms with van der Waals surface area (Å²) in [6, 6.07) is 6.61. The lowest BCUT2D eigenvalue weighted by molar-refractivity contribution is -0.275. The van der Waals surface area contributed by atoms with E-state index in [-0.39, 0.29) is 0 Å².